The first-order valence-electron chi connectivity index (χ1n) is 5.28. The molecule has 6 heteroatoms. The van der Waals surface area contributed by atoms with Crippen LogP contribution < -0.4 is 5.73 Å². The van der Waals surface area contributed by atoms with Gasteiger partial charge in [-0.25, -0.2) is 12.8 Å². The van der Waals surface area contributed by atoms with Crippen LogP contribution in [0, 0.1) is 5.82 Å². The summed E-state index contributed by atoms with van der Waals surface area (Å²) in [6.07, 6.45) is 0. The molecule has 2 N–H and O–H groups in total. The van der Waals surface area contributed by atoms with Gasteiger partial charge in [0.05, 0.1) is 4.90 Å². The Morgan fingerprint density at radius 3 is 2.39 bits per heavy atom. The van der Waals surface area contributed by atoms with Gasteiger partial charge in [-0.05, 0) is 35.7 Å². The lowest BCUT2D eigenvalue weighted by Crippen LogP contribution is -2.21. The molecule has 0 aliphatic heterocycles. The van der Waals surface area contributed by atoms with Crippen molar-refractivity contribution in [3.63, 3.8) is 0 Å². The molecule has 2 rings (SSSR count). The summed E-state index contributed by atoms with van der Waals surface area (Å²) in [5, 5.41) is 1.03. The van der Waals surface area contributed by atoms with E-state index in [1.54, 1.807) is 17.5 Å². The molecule has 1 aromatic heterocycles. The molecular formula is C12H12FNO2S2. The first-order valence-corrected chi connectivity index (χ1v) is 7.71. The molecule has 0 aliphatic rings. The zero-order valence-electron chi connectivity index (χ0n) is 9.41. The fourth-order valence-electron chi connectivity index (χ4n) is 1.66. The summed E-state index contributed by atoms with van der Waals surface area (Å²) in [6.45, 7) is 0.000221. The van der Waals surface area contributed by atoms with Crippen LogP contribution in [-0.2, 0) is 9.84 Å². The standard InChI is InChI=1S/C12H12FNO2S2/c13-9-3-5-10(6-4-9)18(15,16)12(8-14)11-2-1-7-17-11/h1-7,12H,8,14H2/t12-/m1/s1. The maximum atomic E-state index is 12.8. The van der Waals surface area contributed by atoms with Crippen LogP contribution in [0.2, 0.25) is 0 Å². The molecule has 0 fully saturated rings. The molecule has 0 saturated carbocycles. The summed E-state index contributed by atoms with van der Waals surface area (Å²) in [7, 11) is -3.57. The molecule has 2 aromatic rings. The summed E-state index contributed by atoms with van der Waals surface area (Å²) in [6, 6.07) is 8.32. The maximum Gasteiger partial charge on any atom is 0.187 e. The van der Waals surface area contributed by atoms with E-state index in [0.717, 1.165) is 12.1 Å². The van der Waals surface area contributed by atoms with Crippen LogP contribution >= 0.6 is 11.3 Å². The van der Waals surface area contributed by atoms with Gasteiger partial charge in [-0.15, -0.1) is 11.3 Å². The Hall–Kier alpha value is -1.24. The topological polar surface area (TPSA) is 60.2 Å². The molecule has 0 spiro atoms. The van der Waals surface area contributed by atoms with E-state index >= 15 is 0 Å². The van der Waals surface area contributed by atoms with Crippen LogP contribution in [0.25, 0.3) is 0 Å². The zero-order valence-corrected chi connectivity index (χ0v) is 11.0. The molecule has 1 aromatic carbocycles. The van der Waals surface area contributed by atoms with Gasteiger partial charge in [0, 0.05) is 11.4 Å². The summed E-state index contributed by atoms with van der Waals surface area (Å²) in [4.78, 5) is 0.787. The maximum absolute atomic E-state index is 12.8. The zero-order chi connectivity index (χ0) is 13.2. The molecule has 0 unspecified atom stereocenters. The van der Waals surface area contributed by atoms with Crippen molar-refractivity contribution < 1.29 is 12.8 Å². The number of rotatable bonds is 4. The van der Waals surface area contributed by atoms with Crippen molar-refractivity contribution in [3.8, 4) is 0 Å². The highest BCUT2D eigenvalue weighted by atomic mass is 32.2. The van der Waals surface area contributed by atoms with E-state index in [4.69, 9.17) is 5.73 Å². The lowest BCUT2D eigenvalue weighted by molar-refractivity contribution is 0.582. The minimum Gasteiger partial charge on any atom is -0.329 e. The van der Waals surface area contributed by atoms with Crippen LogP contribution in [0.15, 0.2) is 46.7 Å². The lowest BCUT2D eigenvalue weighted by Gasteiger charge is -2.14. The van der Waals surface area contributed by atoms with E-state index in [2.05, 4.69) is 0 Å². The quantitative estimate of drug-likeness (QED) is 0.877. The van der Waals surface area contributed by atoms with Crippen LogP contribution in [0.4, 0.5) is 4.39 Å². The van der Waals surface area contributed by atoms with E-state index in [-0.39, 0.29) is 11.4 Å². The highest BCUT2D eigenvalue weighted by Gasteiger charge is 2.28. The molecule has 18 heavy (non-hydrogen) atoms. The van der Waals surface area contributed by atoms with E-state index in [1.807, 2.05) is 0 Å². The van der Waals surface area contributed by atoms with Gasteiger partial charge < -0.3 is 5.73 Å². The van der Waals surface area contributed by atoms with Crippen molar-refractivity contribution in [1.29, 1.82) is 0 Å². The number of hydrogen-bond acceptors (Lipinski definition) is 4. The van der Waals surface area contributed by atoms with Crippen LogP contribution in [0.3, 0.4) is 0 Å². The first-order chi connectivity index (χ1) is 8.55. The van der Waals surface area contributed by atoms with Crippen molar-refractivity contribution in [2.75, 3.05) is 6.54 Å². The van der Waals surface area contributed by atoms with Crippen molar-refractivity contribution in [1.82, 2.24) is 0 Å². The molecule has 1 atom stereocenters. The fourth-order valence-corrected chi connectivity index (χ4v) is 4.41. The second kappa shape index (κ2) is 5.17. The number of benzene rings is 1. The van der Waals surface area contributed by atoms with Crippen LogP contribution in [0.1, 0.15) is 10.1 Å². The van der Waals surface area contributed by atoms with Gasteiger partial charge in [0.15, 0.2) is 9.84 Å². The van der Waals surface area contributed by atoms with Gasteiger partial charge in [-0.1, -0.05) is 6.07 Å². The molecule has 0 aliphatic carbocycles. The summed E-state index contributed by atoms with van der Waals surface area (Å²) < 4.78 is 37.6. The third-order valence-electron chi connectivity index (χ3n) is 2.59. The first kappa shape index (κ1) is 13.2. The molecule has 0 radical (unpaired) electrons. The number of sulfone groups is 1. The second-order valence-corrected chi connectivity index (χ2v) is 6.85. The Kier molecular flexibility index (Phi) is 3.79. The van der Waals surface area contributed by atoms with Crippen molar-refractivity contribution in [2.45, 2.75) is 10.1 Å². The third kappa shape index (κ3) is 2.45. The van der Waals surface area contributed by atoms with Crippen molar-refractivity contribution in [2.24, 2.45) is 5.73 Å². The number of halogens is 1. The normalized spacial score (nSPS) is 13.4. The minimum atomic E-state index is -3.57. The van der Waals surface area contributed by atoms with Crippen molar-refractivity contribution >= 4 is 21.2 Å². The number of thiophene rings is 1. The monoisotopic (exact) mass is 285 g/mol. The van der Waals surface area contributed by atoms with E-state index < -0.39 is 20.9 Å². The predicted octanol–water partition coefficient (Wildman–Crippen LogP) is 2.36. The van der Waals surface area contributed by atoms with Gasteiger partial charge in [-0.2, -0.15) is 0 Å². The summed E-state index contributed by atoms with van der Waals surface area (Å²) in [5.41, 5.74) is 5.57. The third-order valence-corrected chi connectivity index (χ3v) is 5.85. The Balaban J connectivity index is 2.44. The highest BCUT2D eigenvalue weighted by Crippen LogP contribution is 2.30. The van der Waals surface area contributed by atoms with E-state index in [9.17, 15) is 12.8 Å². The molecular weight excluding hydrogens is 273 g/mol. The van der Waals surface area contributed by atoms with Gasteiger partial charge >= 0.3 is 0 Å². The Morgan fingerprint density at radius 1 is 1.22 bits per heavy atom. The largest absolute Gasteiger partial charge is 0.329 e. The Morgan fingerprint density at radius 2 is 1.89 bits per heavy atom. The average Bonchev–Trinajstić information content (AvgIpc) is 2.84. The average molecular weight is 285 g/mol. The molecule has 3 nitrogen and oxygen atoms in total. The Bertz CT molecular complexity index is 606. The van der Waals surface area contributed by atoms with E-state index in [0.29, 0.717) is 4.88 Å². The Labute approximate surface area is 109 Å². The number of hydrogen-bond donors (Lipinski definition) is 1. The second-order valence-electron chi connectivity index (χ2n) is 3.74. The molecule has 1 heterocycles. The highest BCUT2D eigenvalue weighted by molar-refractivity contribution is 7.91. The van der Waals surface area contributed by atoms with Gasteiger partial charge in [-0.3, -0.25) is 0 Å². The number of nitrogens with two attached hydrogens (primary N) is 1. The predicted molar refractivity (Wildman–Crippen MR) is 69.7 cm³/mol. The molecule has 0 bridgehead atoms. The van der Waals surface area contributed by atoms with Gasteiger partial charge in [0.2, 0.25) is 0 Å². The fraction of sp³-hybridized carbons (Fsp3) is 0.167. The summed E-state index contributed by atoms with van der Waals surface area (Å²) in [5.74, 6) is -0.464. The van der Waals surface area contributed by atoms with Crippen LogP contribution in [0.5, 0.6) is 0 Å². The van der Waals surface area contributed by atoms with E-state index in [1.165, 1.54) is 23.5 Å². The smallest absolute Gasteiger partial charge is 0.187 e. The van der Waals surface area contributed by atoms with Crippen molar-refractivity contribution in [3.05, 3.63) is 52.5 Å². The minimum absolute atomic E-state index is 0.000221. The van der Waals surface area contributed by atoms with Gasteiger partial charge in [0.25, 0.3) is 0 Å². The SMILES string of the molecule is NC[C@H](c1cccs1)S(=O)(=O)c1ccc(F)cc1. The molecule has 96 valence electrons. The van der Waals surface area contributed by atoms with Gasteiger partial charge in [0.1, 0.15) is 11.1 Å². The van der Waals surface area contributed by atoms with Crippen LogP contribution in [-0.4, -0.2) is 15.0 Å². The lowest BCUT2D eigenvalue weighted by atomic mass is 10.3. The molecule has 0 amide bonds. The summed E-state index contributed by atoms with van der Waals surface area (Å²) >= 11 is 1.35. The molecule has 0 saturated heterocycles.